The first-order chi connectivity index (χ1) is 10.9. The highest BCUT2D eigenvalue weighted by atomic mass is 16.1. The molecule has 0 saturated heterocycles. The van der Waals surface area contributed by atoms with Crippen molar-refractivity contribution in [3.63, 3.8) is 0 Å². The monoisotopic (exact) mass is 312 g/mol. The molecule has 0 aliphatic carbocycles. The molecule has 0 fully saturated rings. The Balaban J connectivity index is 2.30. The van der Waals surface area contributed by atoms with Gasteiger partial charge in [-0.25, -0.2) is 4.68 Å². The lowest BCUT2D eigenvalue weighted by Gasteiger charge is -2.15. The van der Waals surface area contributed by atoms with Crippen LogP contribution in [0.25, 0.3) is 10.8 Å². The fourth-order valence-corrected chi connectivity index (χ4v) is 2.61. The summed E-state index contributed by atoms with van der Waals surface area (Å²) in [4.78, 5) is 12.7. The summed E-state index contributed by atoms with van der Waals surface area (Å²) in [5, 5.41) is 15.8. The molecule has 3 rings (SSSR count). The third kappa shape index (κ3) is 2.65. The SMILES string of the molecule is Cc1cc(N)c2c(Nc3cc(C)[nH]n3)nn(C(C)C)c(=O)c2c1. The van der Waals surface area contributed by atoms with Crippen LogP contribution in [0, 0.1) is 13.8 Å². The number of hydrogen-bond acceptors (Lipinski definition) is 5. The number of fused-ring (bicyclic) bond motifs is 1. The standard InChI is InChI=1S/C16H20N6O/c1-8(2)22-16(23)11-5-9(3)6-12(17)14(11)15(21-22)18-13-7-10(4)19-20-13/h5-8H,17H2,1-4H3,(H2,18,19,20,21). The second kappa shape index (κ2) is 5.42. The average molecular weight is 312 g/mol. The van der Waals surface area contributed by atoms with Crippen molar-refractivity contribution in [1.29, 1.82) is 0 Å². The van der Waals surface area contributed by atoms with E-state index in [-0.39, 0.29) is 11.6 Å². The number of aromatic amines is 1. The lowest BCUT2D eigenvalue weighted by atomic mass is 10.1. The minimum Gasteiger partial charge on any atom is -0.398 e. The van der Waals surface area contributed by atoms with Crippen LogP contribution in [0.2, 0.25) is 0 Å². The van der Waals surface area contributed by atoms with Crippen molar-refractivity contribution >= 4 is 28.1 Å². The number of nitrogens with one attached hydrogen (secondary N) is 2. The van der Waals surface area contributed by atoms with Crippen LogP contribution in [0.5, 0.6) is 0 Å². The summed E-state index contributed by atoms with van der Waals surface area (Å²) in [6.45, 7) is 7.67. The number of H-pyrrole nitrogens is 1. The van der Waals surface area contributed by atoms with Gasteiger partial charge in [-0.15, -0.1) is 0 Å². The maximum atomic E-state index is 12.7. The fraction of sp³-hybridized carbons (Fsp3) is 0.312. The molecule has 0 bridgehead atoms. The summed E-state index contributed by atoms with van der Waals surface area (Å²) in [6, 6.07) is 5.48. The summed E-state index contributed by atoms with van der Waals surface area (Å²) in [7, 11) is 0. The molecule has 4 N–H and O–H groups in total. The lowest BCUT2D eigenvalue weighted by molar-refractivity contribution is 0.510. The van der Waals surface area contributed by atoms with E-state index in [1.54, 1.807) is 0 Å². The smallest absolute Gasteiger partial charge is 0.275 e. The Bertz CT molecular complexity index is 938. The summed E-state index contributed by atoms with van der Waals surface area (Å²) in [5.74, 6) is 1.16. The predicted octanol–water partition coefficient (Wildman–Crippen LogP) is 2.64. The molecule has 0 aliphatic rings. The Morgan fingerprint density at radius 2 is 2.00 bits per heavy atom. The molecule has 0 atom stereocenters. The van der Waals surface area contributed by atoms with E-state index in [1.165, 1.54) is 4.68 Å². The van der Waals surface area contributed by atoms with Crippen LogP contribution in [0.4, 0.5) is 17.3 Å². The molecule has 0 amide bonds. The van der Waals surface area contributed by atoms with E-state index in [4.69, 9.17) is 5.73 Å². The highest BCUT2D eigenvalue weighted by molar-refractivity contribution is 6.01. The van der Waals surface area contributed by atoms with E-state index in [1.807, 2.05) is 45.9 Å². The number of benzene rings is 1. The zero-order valence-electron chi connectivity index (χ0n) is 13.6. The summed E-state index contributed by atoms with van der Waals surface area (Å²) in [6.07, 6.45) is 0. The van der Waals surface area contributed by atoms with E-state index >= 15 is 0 Å². The molecule has 7 nitrogen and oxygen atoms in total. The maximum Gasteiger partial charge on any atom is 0.275 e. The van der Waals surface area contributed by atoms with Crippen molar-refractivity contribution in [1.82, 2.24) is 20.0 Å². The third-order valence-electron chi connectivity index (χ3n) is 3.64. The van der Waals surface area contributed by atoms with Gasteiger partial charge in [-0.05, 0) is 45.4 Å². The van der Waals surface area contributed by atoms with Crippen LogP contribution in [0.1, 0.15) is 31.1 Å². The van der Waals surface area contributed by atoms with Crippen molar-refractivity contribution in [2.45, 2.75) is 33.7 Å². The Kier molecular flexibility index (Phi) is 3.55. The molecule has 0 unspecified atom stereocenters. The molecular formula is C16H20N6O. The second-order valence-corrected chi connectivity index (χ2v) is 6.03. The van der Waals surface area contributed by atoms with Gasteiger partial charge >= 0.3 is 0 Å². The van der Waals surface area contributed by atoms with Gasteiger partial charge in [0.1, 0.15) is 0 Å². The van der Waals surface area contributed by atoms with E-state index in [0.717, 1.165) is 11.3 Å². The first-order valence-corrected chi connectivity index (χ1v) is 7.48. The molecule has 2 aromatic heterocycles. The molecule has 0 saturated carbocycles. The quantitative estimate of drug-likeness (QED) is 0.645. The van der Waals surface area contributed by atoms with E-state index < -0.39 is 0 Å². The number of nitrogens with zero attached hydrogens (tertiary/aromatic N) is 3. The molecule has 1 aromatic carbocycles. The minimum atomic E-state index is -0.144. The molecule has 23 heavy (non-hydrogen) atoms. The molecule has 120 valence electrons. The molecular weight excluding hydrogens is 292 g/mol. The van der Waals surface area contributed by atoms with Crippen LogP contribution >= 0.6 is 0 Å². The average Bonchev–Trinajstić information content (AvgIpc) is 2.86. The van der Waals surface area contributed by atoms with Gasteiger partial charge in [0.05, 0.1) is 16.8 Å². The molecule has 2 heterocycles. The first kappa shape index (κ1) is 15.1. The minimum absolute atomic E-state index is 0.0601. The highest BCUT2D eigenvalue weighted by Gasteiger charge is 2.16. The first-order valence-electron chi connectivity index (χ1n) is 7.48. The molecule has 0 radical (unpaired) electrons. The fourth-order valence-electron chi connectivity index (χ4n) is 2.61. The second-order valence-electron chi connectivity index (χ2n) is 6.03. The van der Waals surface area contributed by atoms with Crippen molar-refractivity contribution in [2.24, 2.45) is 0 Å². The predicted molar refractivity (Wildman–Crippen MR) is 92.1 cm³/mol. The van der Waals surface area contributed by atoms with Crippen molar-refractivity contribution in [3.05, 3.63) is 39.8 Å². The number of aryl methyl sites for hydroxylation is 2. The largest absolute Gasteiger partial charge is 0.398 e. The summed E-state index contributed by atoms with van der Waals surface area (Å²) < 4.78 is 1.46. The highest BCUT2D eigenvalue weighted by Crippen LogP contribution is 2.28. The number of anilines is 3. The van der Waals surface area contributed by atoms with Crippen LogP contribution < -0.4 is 16.6 Å². The van der Waals surface area contributed by atoms with Gasteiger partial charge in [0.15, 0.2) is 11.6 Å². The maximum absolute atomic E-state index is 12.7. The van der Waals surface area contributed by atoms with E-state index in [0.29, 0.717) is 28.1 Å². The van der Waals surface area contributed by atoms with Gasteiger partial charge in [-0.1, -0.05) is 0 Å². The van der Waals surface area contributed by atoms with Gasteiger partial charge in [-0.2, -0.15) is 10.2 Å². The molecule has 0 aliphatic heterocycles. The van der Waals surface area contributed by atoms with Crippen molar-refractivity contribution < 1.29 is 0 Å². The van der Waals surface area contributed by atoms with Gasteiger partial charge in [0, 0.05) is 17.4 Å². The Morgan fingerprint density at radius 3 is 2.61 bits per heavy atom. The Hall–Kier alpha value is -2.83. The van der Waals surface area contributed by atoms with Crippen LogP contribution in [-0.4, -0.2) is 20.0 Å². The van der Waals surface area contributed by atoms with Crippen LogP contribution in [-0.2, 0) is 0 Å². The Morgan fingerprint density at radius 1 is 1.26 bits per heavy atom. The van der Waals surface area contributed by atoms with Crippen LogP contribution in [0.15, 0.2) is 23.0 Å². The molecule has 0 spiro atoms. The lowest BCUT2D eigenvalue weighted by Crippen LogP contribution is -2.26. The third-order valence-corrected chi connectivity index (χ3v) is 3.64. The Labute approximate surface area is 133 Å². The van der Waals surface area contributed by atoms with Crippen LogP contribution in [0.3, 0.4) is 0 Å². The summed E-state index contributed by atoms with van der Waals surface area (Å²) >= 11 is 0. The normalized spacial score (nSPS) is 11.3. The molecule has 3 aromatic rings. The van der Waals surface area contributed by atoms with Gasteiger partial charge in [-0.3, -0.25) is 9.89 Å². The molecule has 7 heteroatoms. The zero-order valence-corrected chi connectivity index (χ0v) is 13.6. The van der Waals surface area contributed by atoms with E-state index in [9.17, 15) is 4.79 Å². The van der Waals surface area contributed by atoms with Crippen molar-refractivity contribution in [2.75, 3.05) is 11.1 Å². The van der Waals surface area contributed by atoms with E-state index in [2.05, 4.69) is 20.6 Å². The van der Waals surface area contributed by atoms with Gasteiger partial charge in [0.2, 0.25) is 0 Å². The summed E-state index contributed by atoms with van der Waals surface area (Å²) in [5.41, 5.74) is 8.40. The van der Waals surface area contributed by atoms with Crippen molar-refractivity contribution in [3.8, 4) is 0 Å². The van der Waals surface area contributed by atoms with Gasteiger partial charge in [0.25, 0.3) is 5.56 Å². The topological polar surface area (TPSA) is 102 Å². The number of aromatic nitrogens is 4. The van der Waals surface area contributed by atoms with Gasteiger partial charge < -0.3 is 11.1 Å². The zero-order chi connectivity index (χ0) is 16.7. The number of nitrogens with two attached hydrogens (primary N) is 1. The number of rotatable bonds is 3. The number of nitrogen functional groups attached to an aromatic ring is 1. The number of hydrogen-bond donors (Lipinski definition) is 3.